The number of thiol groups is 3. The normalized spacial score (nSPS) is 19.6. The lowest BCUT2D eigenvalue weighted by atomic mass is 9.96. The first-order valence-electron chi connectivity index (χ1n) is 4.78. The van der Waals surface area contributed by atoms with E-state index in [2.05, 4.69) is 65.6 Å². The summed E-state index contributed by atoms with van der Waals surface area (Å²) in [7, 11) is 0. The summed E-state index contributed by atoms with van der Waals surface area (Å²) in [4.78, 5) is 0. The third-order valence-corrected chi connectivity index (χ3v) is 3.98. The maximum absolute atomic E-state index is 4.61. The standard InChI is InChI=1S/C10H22S3/c1-8(11)10(4,13)7-5-6-9(2,3)12/h8,11-13H,5-7H2,1-4H3. The molecule has 80 valence electrons. The Kier molecular flexibility index (Phi) is 5.64. The predicted octanol–water partition coefficient (Wildman–Crippen LogP) is 3.87. The van der Waals surface area contributed by atoms with Crippen LogP contribution in [0.1, 0.15) is 47.0 Å². The van der Waals surface area contributed by atoms with Crippen LogP contribution in [0.15, 0.2) is 0 Å². The fourth-order valence-electron chi connectivity index (χ4n) is 1.09. The van der Waals surface area contributed by atoms with Gasteiger partial charge in [-0.2, -0.15) is 37.9 Å². The smallest absolute Gasteiger partial charge is 0.0215 e. The number of hydrogen-bond acceptors (Lipinski definition) is 3. The third kappa shape index (κ3) is 7.03. The van der Waals surface area contributed by atoms with E-state index in [1.807, 2.05) is 0 Å². The molecule has 0 aliphatic heterocycles. The van der Waals surface area contributed by atoms with Crippen LogP contribution in [0.2, 0.25) is 0 Å². The highest BCUT2D eigenvalue weighted by Crippen LogP contribution is 2.31. The van der Waals surface area contributed by atoms with Crippen molar-refractivity contribution >= 4 is 37.9 Å². The Morgan fingerprint density at radius 1 is 1.08 bits per heavy atom. The van der Waals surface area contributed by atoms with Gasteiger partial charge in [-0.05, 0) is 19.8 Å². The summed E-state index contributed by atoms with van der Waals surface area (Å²) in [6.07, 6.45) is 3.40. The van der Waals surface area contributed by atoms with Crippen molar-refractivity contribution in [3.8, 4) is 0 Å². The Morgan fingerprint density at radius 2 is 1.54 bits per heavy atom. The molecule has 0 aromatic rings. The van der Waals surface area contributed by atoms with Crippen molar-refractivity contribution in [3.05, 3.63) is 0 Å². The van der Waals surface area contributed by atoms with Crippen LogP contribution in [-0.2, 0) is 0 Å². The molecule has 0 saturated heterocycles. The van der Waals surface area contributed by atoms with Crippen molar-refractivity contribution in [1.82, 2.24) is 0 Å². The maximum Gasteiger partial charge on any atom is 0.0215 e. The van der Waals surface area contributed by atoms with Gasteiger partial charge in [0.1, 0.15) is 0 Å². The second kappa shape index (κ2) is 5.22. The molecule has 2 unspecified atom stereocenters. The van der Waals surface area contributed by atoms with Crippen molar-refractivity contribution in [3.63, 3.8) is 0 Å². The number of rotatable bonds is 5. The van der Waals surface area contributed by atoms with E-state index in [9.17, 15) is 0 Å². The summed E-state index contributed by atoms with van der Waals surface area (Å²) in [5.41, 5.74) is 0. The van der Waals surface area contributed by atoms with Gasteiger partial charge in [0.05, 0.1) is 0 Å². The summed E-state index contributed by atoms with van der Waals surface area (Å²) in [5.74, 6) is 0. The average molecular weight is 238 g/mol. The molecule has 0 rings (SSSR count). The van der Waals surface area contributed by atoms with E-state index in [1.54, 1.807) is 0 Å². The largest absolute Gasteiger partial charge is 0.175 e. The molecular formula is C10H22S3. The van der Waals surface area contributed by atoms with Gasteiger partial charge in [-0.1, -0.05) is 27.2 Å². The monoisotopic (exact) mass is 238 g/mol. The molecular weight excluding hydrogens is 216 g/mol. The molecule has 0 aromatic heterocycles. The van der Waals surface area contributed by atoms with Gasteiger partial charge >= 0.3 is 0 Å². The fraction of sp³-hybridized carbons (Fsp3) is 1.00. The molecule has 0 N–H and O–H groups in total. The quantitative estimate of drug-likeness (QED) is 0.595. The van der Waals surface area contributed by atoms with Crippen molar-refractivity contribution in [2.75, 3.05) is 0 Å². The Morgan fingerprint density at radius 3 is 1.85 bits per heavy atom. The molecule has 0 fully saturated rings. The maximum atomic E-state index is 4.61. The van der Waals surface area contributed by atoms with Crippen LogP contribution in [0, 0.1) is 0 Å². The van der Waals surface area contributed by atoms with E-state index in [4.69, 9.17) is 0 Å². The highest BCUT2D eigenvalue weighted by Gasteiger charge is 2.24. The molecule has 0 amide bonds. The molecule has 0 spiro atoms. The first-order chi connectivity index (χ1) is 5.65. The van der Waals surface area contributed by atoms with Crippen LogP contribution >= 0.6 is 37.9 Å². The van der Waals surface area contributed by atoms with E-state index in [0.29, 0.717) is 5.25 Å². The van der Waals surface area contributed by atoms with Crippen molar-refractivity contribution < 1.29 is 0 Å². The van der Waals surface area contributed by atoms with Gasteiger partial charge in [0.2, 0.25) is 0 Å². The molecule has 3 heteroatoms. The second-order valence-electron chi connectivity index (χ2n) is 4.70. The molecule has 0 heterocycles. The first kappa shape index (κ1) is 14.1. The summed E-state index contributed by atoms with van der Waals surface area (Å²) in [6.45, 7) is 8.55. The summed E-state index contributed by atoms with van der Waals surface area (Å²) in [5, 5.41) is 0.332. The highest BCUT2D eigenvalue weighted by molar-refractivity contribution is 7.85. The Labute approximate surface area is 99.5 Å². The molecule has 2 atom stereocenters. The molecule has 0 saturated carbocycles. The topological polar surface area (TPSA) is 0 Å². The molecule has 0 bridgehead atoms. The summed E-state index contributed by atoms with van der Waals surface area (Å²) < 4.78 is 0.186. The van der Waals surface area contributed by atoms with Crippen LogP contribution in [0.3, 0.4) is 0 Å². The summed E-state index contributed by atoms with van der Waals surface area (Å²) in [6, 6.07) is 0. The highest BCUT2D eigenvalue weighted by atomic mass is 32.1. The fourth-order valence-corrected chi connectivity index (χ4v) is 1.53. The van der Waals surface area contributed by atoms with Gasteiger partial charge in [-0.3, -0.25) is 0 Å². The van der Waals surface area contributed by atoms with Gasteiger partial charge in [-0.25, -0.2) is 0 Å². The molecule has 0 radical (unpaired) electrons. The zero-order valence-corrected chi connectivity index (χ0v) is 11.7. The summed E-state index contributed by atoms with van der Waals surface area (Å²) >= 11 is 13.5. The van der Waals surface area contributed by atoms with E-state index in [1.165, 1.54) is 6.42 Å². The zero-order chi connectivity index (χ0) is 10.7. The van der Waals surface area contributed by atoms with E-state index >= 15 is 0 Å². The van der Waals surface area contributed by atoms with Crippen LogP contribution in [0.25, 0.3) is 0 Å². The van der Waals surface area contributed by atoms with Gasteiger partial charge in [0.25, 0.3) is 0 Å². The van der Waals surface area contributed by atoms with Gasteiger partial charge in [0.15, 0.2) is 0 Å². The van der Waals surface area contributed by atoms with E-state index in [0.717, 1.165) is 12.8 Å². The van der Waals surface area contributed by atoms with Crippen LogP contribution < -0.4 is 0 Å². The molecule has 0 nitrogen and oxygen atoms in total. The average Bonchev–Trinajstić information content (AvgIpc) is 1.82. The number of hydrogen-bond donors (Lipinski definition) is 3. The van der Waals surface area contributed by atoms with Gasteiger partial charge < -0.3 is 0 Å². The molecule has 13 heavy (non-hydrogen) atoms. The van der Waals surface area contributed by atoms with Crippen molar-refractivity contribution in [1.29, 1.82) is 0 Å². The predicted molar refractivity (Wildman–Crippen MR) is 72.8 cm³/mol. The van der Waals surface area contributed by atoms with Crippen LogP contribution in [0.5, 0.6) is 0 Å². The minimum absolute atomic E-state index is 0.0438. The molecule has 0 aromatic carbocycles. The lowest BCUT2D eigenvalue weighted by Gasteiger charge is -2.28. The lowest BCUT2D eigenvalue weighted by molar-refractivity contribution is 0.509. The van der Waals surface area contributed by atoms with Crippen LogP contribution in [0.4, 0.5) is 0 Å². The van der Waals surface area contributed by atoms with Crippen molar-refractivity contribution in [2.45, 2.75) is 61.7 Å². The zero-order valence-electron chi connectivity index (χ0n) is 9.04. The minimum Gasteiger partial charge on any atom is -0.175 e. The van der Waals surface area contributed by atoms with Crippen molar-refractivity contribution in [2.24, 2.45) is 0 Å². The Hall–Kier alpha value is 1.05. The van der Waals surface area contributed by atoms with E-state index < -0.39 is 0 Å². The Bertz CT molecular complexity index is 145. The van der Waals surface area contributed by atoms with Gasteiger partial charge in [0, 0.05) is 14.7 Å². The van der Waals surface area contributed by atoms with Crippen LogP contribution in [-0.4, -0.2) is 14.7 Å². The molecule has 0 aliphatic rings. The SMILES string of the molecule is CC(S)C(C)(S)CCCC(C)(C)S. The van der Waals surface area contributed by atoms with E-state index in [-0.39, 0.29) is 9.49 Å². The first-order valence-corrected chi connectivity index (χ1v) is 6.19. The minimum atomic E-state index is 0.0438. The Balaban J connectivity index is 3.77. The van der Waals surface area contributed by atoms with Gasteiger partial charge in [-0.15, -0.1) is 0 Å². The lowest BCUT2D eigenvalue weighted by Crippen LogP contribution is -2.27. The molecule has 0 aliphatic carbocycles. The third-order valence-electron chi connectivity index (χ3n) is 2.37. The second-order valence-corrected chi connectivity index (χ2v) is 7.71.